The van der Waals surface area contributed by atoms with Crippen molar-refractivity contribution in [2.75, 3.05) is 0 Å². The van der Waals surface area contributed by atoms with Crippen molar-refractivity contribution in [3.63, 3.8) is 0 Å². The van der Waals surface area contributed by atoms with Crippen LogP contribution in [0.5, 0.6) is 0 Å². The molecule has 4 rings (SSSR count). The van der Waals surface area contributed by atoms with Crippen LogP contribution in [0.25, 0.3) is 33.5 Å². The van der Waals surface area contributed by atoms with Crippen LogP contribution in [-0.4, -0.2) is 29.6 Å². The molecule has 0 aliphatic carbocycles. The average molecular weight is 322 g/mol. The third-order valence-electron chi connectivity index (χ3n) is 3.74. The van der Waals surface area contributed by atoms with E-state index in [9.17, 15) is 0 Å². The summed E-state index contributed by atoms with van der Waals surface area (Å²) in [6.07, 6.45) is 1.84. The van der Waals surface area contributed by atoms with E-state index < -0.39 is 0 Å². The van der Waals surface area contributed by atoms with Crippen molar-refractivity contribution in [2.24, 2.45) is 0 Å². The molecule has 0 saturated heterocycles. The maximum atomic E-state index is 4.78. The summed E-state index contributed by atoms with van der Waals surface area (Å²) in [5, 5.41) is 15.6. The fourth-order valence-corrected chi connectivity index (χ4v) is 3.04. The molecule has 0 spiro atoms. The van der Waals surface area contributed by atoms with Gasteiger partial charge in [-0.2, -0.15) is 4.80 Å². The Morgan fingerprint density at radius 3 is 2.83 bits per heavy atom. The van der Waals surface area contributed by atoms with E-state index >= 15 is 0 Å². The van der Waals surface area contributed by atoms with Gasteiger partial charge in [0.2, 0.25) is 5.82 Å². The van der Waals surface area contributed by atoms with Gasteiger partial charge in [-0.15, -0.1) is 10.2 Å². The Kier molecular flexibility index (Phi) is 3.34. The van der Waals surface area contributed by atoms with Crippen molar-refractivity contribution >= 4 is 22.4 Å². The van der Waals surface area contributed by atoms with Crippen LogP contribution in [0.2, 0.25) is 0 Å². The zero-order valence-electron chi connectivity index (χ0n) is 12.8. The smallest absolute Gasteiger partial charge is 0.204 e. The number of nitrogens with zero attached hydrogens (tertiary/aromatic N) is 6. The predicted molar refractivity (Wildman–Crippen MR) is 90.1 cm³/mol. The highest BCUT2D eigenvalue weighted by Gasteiger charge is 2.10. The maximum Gasteiger partial charge on any atom is 0.204 e. The third kappa shape index (κ3) is 2.49. The summed E-state index contributed by atoms with van der Waals surface area (Å²) in [7, 11) is 0. The highest BCUT2D eigenvalue weighted by atomic mass is 32.1. The summed E-state index contributed by atoms with van der Waals surface area (Å²) in [5.74, 6) is 0.621. The number of pyridine rings is 1. The molecule has 0 aliphatic rings. The minimum Gasteiger partial charge on any atom is -0.248 e. The highest BCUT2D eigenvalue weighted by Crippen LogP contribution is 2.27. The van der Waals surface area contributed by atoms with E-state index in [0.717, 1.165) is 27.7 Å². The molecule has 3 aromatic heterocycles. The molecule has 6 nitrogen and oxygen atoms in total. The van der Waals surface area contributed by atoms with E-state index in [1.807, 2.05) is 30.6 Å². The van der Waals surface area contributed by atoms with Crippen LogP contribution >= 0.6 is 11.5 Å². The second-order valence-electron chi connectivity index (χ2n) is 5.27. The lowest BCUT2D eigenvalue weighted by atomic mass is 10.0. The first-order chi connectivity index (χ1) is 11.2. The molecule has 114 valence electrons. The van der Waals surface area contributed by atoms with Crippen LogP contribution in [-0.2, 0) is 6.54 Å². The fraction of sp³-hybridized carbons (Fsp3) is 0.188. The molecule has 0 N–H and O–H groups in total. The molecule has 0 amide bonds. The summed E-state index contributed by atoms with van der Waals surface area (Å²) in [4.78, 5) is 6.35. The van der Waals surface area contributed by atoms with Gasteiger partial charge in [0, 0.05) is 21.9 Å². The Bertz CT molecular complexity index is 974. The van der Waals surface area contributed by atoms with Crippen LogP contribution < -0.4 is 0 Å². The molecule has 0 radical (unpaired) electrons. The summed E-state index contributed by atoms with van der Waals surface area (Å²) < 4.78 is 4.16. The number of rotatable bonds is 3. The molecule has 0 unspecified atom stereocenters. The molecule has 3 heterocycles. The lowest BCUT2D eigenvalue weighted by Gasteiger charge is -2.06. The maximum absolute atomic E-state index is 4.78. The van der Waals surface area contributed by atoms with E-state index in [1.165, 1.54) is 17.1 Å². The lowest BCUT2D eigenvalue weighted by Crippen LogP contribution is -1.98. The van der Waals surface area contributed by atoms with Gasteiger partial charge in [-0.25, -0.2) is 9.36 Å². The van der Waals surface area contributed by atoms with Crippen LogP contribution in [0.15, 0.2) is 35.8 Å². The summed E-state index contributed by atoms with van der Waals surface area (Å²) in [6.45, 7) is 4.78. The molecule has 23 heavy (non-hydrogen) atoms. The topological polar surface area (TPSA) is 69.4 Å². The first-order valence-corrected chi connectivity index (χ1v) is 8.17. The highest BCUT2D eigenvalue weighted by molar-refractivity contribution is 7.03. The van der Waals surface area contributed by atoms with Crippen LogP contribution in [0.3, 0.4) is 0 Å². The van der Waals surface area contributed by atoms with Gasteiger partial charge in [0.25, 0.3) is 0 Å². The van der Waals surface area contributed by atoms with Gasteiger partial charge in [0.15, 0.2) is 0 Å². The normalized spacial score (nSPS) is 11.2. The van der Waals surface area contributed by atoms with Crippen LogP contribution in [0, 0.1) is 6.92 Å². The first kappa shape index (κ1) is 14.0. The molecule has 1 aromatic carbocycles. The van der Waals surface area contributed by atoms with Gasteiger partial charge in [-0.3, -0.25) is 0 Å². The minimum absolute atomic E-state index is 0.621. The zero-order valence-corrected chi connectivity index (χ0v) is 13.6. The van der Waals surface area contributed by atoms with E-state index in [1.54, 1.807) is 4.80 Å². The Morgan fingerprint density at radius 1 is 1.17 bits per heavy atom. The van der Waals surface area contributed by atoms with Crippen molar-refractivity contribution in [1.29, 1.82) is 0 Å². The Hall–Kier alpha value is -2.67. The number of tetrazole rings is 1. The molecule has 4 aromatic rings. The molecule has 0 fully saturated rings. The molecular formula is C16H14N6S. The SMILES string of the molecule is CCn1nnc(-c2ccc3c(C)cc(-c4cnsc4)nc3c2)n1. The van der Waals surface area contributed by atoms with Crippen molar-refractivity contribution < 1.29 is 0 Å². The van der Waals surface area contributed by atoms with E-state index in [-0.39, 0.29) is 0 Å². The van der Waals surface area contributed by atoms with Gasteiger partial charge >= 0.3 is 0 Å². The van der Waals surface area contributed by atoms with Crippen molar-refractivity contribution in [1.82, 2.24) is 29.6 Å². The van der Waals surface area contributed by atoms with Gasteiger partial charge in [-0.05, 0) is 48.3 Å². The summed E-state index contributed by atoms with van der Waals surface area (Å²) >= 11 is 1.43. The third-order valence-corrected chi connectivity index (χ3v) is 4.33. The van der Waals surface area contributed by atoms with Gasteiger partial charge in [0.05, 0.1) is 24.0 Å². The van der Waals surface area contributed by atoms with Gasteiger partial charge in [0.1, 0.15) is 0 Å². The number of hydrogen-bond donors (Lipinski definition) is 0. The van der Waals surface area contributed by atoms with Crippen LogP contribution in [0.4, 0.5) is 0 Å². The van der Waals surface area contributed by atoms with Gasteiger partial charge in [-0.1, -0.05) is 12.1 Å². The Balaban J connectivity index is 1.86. The average Bonchev–Trinajstić information content (AvgIpc) is 3.26. The molecular weight excluding hydrogens is 308 g/mol. The van der Waals surface area contributed by atoms with Crippen molar-refractivity contribution in [2.45, 2.75) is 20.4 Å². The number of fused-ring (bicyclic) bond motifs is 1. The quantitative estimate of drug-likeness (QED) is 0.578. The fourth-order valence-electron chi connectivity index (χ4n) is 2.51. The molecule has 7 heteroatoms. The molecule has 0 aliphatic heterocycles. The standard InChI is InChI=1S/C16H14N6S/c1-3-22-20-16(19-21-22)11-4-5-13-10(2)6-14(18-15(13)7-11)12-8-17-23-9-12/h4-9H,3H2,1-2H3. The summed E-state index contributed by atoms with van der Waals surface area (Å²) in [6, 6.07) is 8.19. The molecule has 0 bridgehead atoms. The number of benzene rings is 1. The Labute approximate surface area is 137 Å². The lowest BCUT2D eigenvalue weighted by molar-refractivity contribution is 0.553. The van der Waals surface area contributed by atoms with Gasteiger partial charge < -0.3 is 0 Å². The van der Waals surface area contributed by atoms with E-state index in [0.29, 0.717) is 12.4 Å². The summed E-state index contributed by atoms with van der Waals surface area (Å²) in [5.41, 5.74) is 5.01. The molecule has 0 atom stereocenters. The van der Waals surface area contributed by atoms with Crippen molar-refractivity contribution in [3.05, 3.63) is 41.4 Å². The minimum atomic E-state index is 0.621. The number of aryl methyl sites for hydroxylation is 2. The van der Waals surface area contributed by atoms with E-state index in [2.05, 4.69) is 38.8 Å². The first-order valence-electron chi connectivity index (χ1n) is 7.34. The molecule has 0 saturated carbocycles. The van der Waals surface area contributed by atoms with E-state index in [4.69, 9.17) is 4.98 Å². The monoisotopic (exact) mass is 322 g/mol. The van der Waals surface area contributed by atoms with Crippen LogP contribution in [0.1, 0.15) is 12.5 Å². The largest absolute Gasteiger partial charge is 0.248 e. The van der Waals surface area contributed by atoms with Crippen molar-refractivity contribution in [3.8, 4) is 22.6 Å². The second-order valence-corrected chi connectivity index (χ2v) is 5.93. The number of aromatic nitrogens is 6. The second kappa shape index (κ2) is 5.51. The zero-order chi connectivity index (χ0) is 15.8. The predicted octanol–water partition coefficient (Wildman–Crippen LogP) is 3.34. The Morgan fingerprint density at radius 2 is 2.09 bits per heavy atom. The number of hydrogen-bond acceptors (Lipinski definition) is 6.